The molecule has 7 heteroatoms. The molecule has 6 nitrogen and oxygen atoms in total. The highest BCUT2D eigenvalue weighted by molar-refractivity contribution is 5.90. The first-order valence-corrected chi connectivity index (χ1v) is 5.86. The van der Waals surface area contributed by atoms with Gasteiger partial charge in [0.2, 0.25) is 0 Å². The molecule has 0 saturated carbocycles. The number of carboxylic acids is 1. The van der Waals surface area contributed by atoms with Crippen LogP contribution in [0.15, 0.2) is 42.5 Å². The van der Waals surface area contributed by atoms with Crippen LogP contribution < -0.4 is 4.74 Å². The summed E-state index contributed by atoms with van der Waals surface area (Å²) in [4.78, 5) is 21.0. The topological polar surface area (TPSA) is 89.7 Å². The summed E-state index contributed by atoms with van der Waals surface area (Å²) in [5.74, 6) is -1.94. The number of hydrogen-bond donors (Lipinski definition) is 1. The molecule has 2 aromatic rings. The van der Waals surface area contributed by atoms with Crippen molar-refractivity contribution in [1.82, 2.24) is 0 Å². The third-order valence-corrected chi connectivity index (χ3v) is 2.71. The molecule has 0 heterocycles. The Labute approximate surface area is 118 Å². The molecule has 0 saturated heterocycles. The number of aromatic carboxylic acids is 1. The molecule has 0 amide bonds. The molecule has 0 aliphatic carbocycles. The lowest BCUT2D eigenvalue weighted by Gasteiger charge is -2.09. The summed E-state index contributed by atoms with van der Waals surface area (Å²) in [5, 5.41) is 19.5. The Balaban J connectivity index is 2.13. The van der Waals surface area contributed by atoms with Gasteiger partial charge in [-0.1, -0.05) is 0 Å². The van der Waals surface area contributed by atoms with E-state index in [2.05, 4.69) is 0 Å². The number of non-ortho nitro benzene ring substituents is 1. The van der Waals surface area contributed by atoms with Crippen LogP contribution in [0.25, 0.3) is 0 Å². The van der Waals surface area contributed by atoms with E-state index in [1.807, 2.05) is 0 Å². The van der Waals surface area contributed by atoms with Gasteiger partial charge in [0.1, 0.15) is 23.7 Å². The second-order valence-electron chi connectivity index (χ2n) is 4.16. The lowest BCUT2D eigenvalue weighted by Crippen LogP contribution is -2.04. The van der Waals surface area contributed by atoms with Crippen LogP contribution in [0.4, 0.5) is 10.1 Å². The molecule has 1 N–H and O–H groups in total. The SMILES string of the molecule is O=C(O)c1cc(F)ccc1OCc1ccc([N+](=O)[O-])cc1. The van der Waals surface area contributed by atoms with Crippen molar-refractivity contribution in [3.05, 3.63) is 69.5 Å². The quantitative estimate of drug-likeness (QED) is 0.675. The van der Waals surface area contributed by atoms with Crippen LogP contribution in [0.3, 0.4) is 0 Å². The van der Waals surface area contributed by atoms with Crippen molar-refractivity contribution in [2.75, 3.05) is 0 Å². The molecule has 0 atom stereocenters. The number of nitrogens with zero attached hydrogens (tertiary/aromatic N) is 1. The van der Waals surface area contributed by atoms with Crippen molar-refractivity contribution in [3.8, 4) is 5.75 Å². The normalized spacial score (nSPS) is 10.1. The van der Waals surface area contributed by atoms with Gasteiger partial charge in [0.05, 0.1) is 4.92 Å². The molecule has 0 spiro atoms. The van der Waals surface area contributed by atoms with Crippen LogP contribution in [0.1, 0.15) is 15.9 Å². The zero-order chi connectivity index (χ0) is 15.4. The minimum atomic E-state index is -1.30. The van der Waals surface area contributed by atoms with Gasteiger partial charge in [-0.15, -0.1) is 0 Å². The van der Waals surface area contributed by atoms with E-state index in [9.17, 15) is 19.3 Å². The highest BCUT2D eigenvalue weighted by atomic mass is 19.1. The largest absolute Gasteiger partial charge is 0.488 e. The van der Waals surface area contributed by atoms with Gasteiger partial charge in [0.25, 0.3) is 5.69 Å². The number of rotatable bonds is 5. The van der Waals surface area contributed by atoms with Crippen LogP contribution in [0.2, 0.25) is 0 Å². The van der Waals surface area contributed by atoms with Crippen LogP contribution in [0.5, 0.6) is 5.75 Å². The molecule has 0 aliphatic rings. The van der Waals surface area contributed by atoms with Gasteiger partial charge in [-0.05, 0) is 35.9 Å². The second kappa shape index (κ2) is 6.00. The van der Waals surface area contributed by atoms with Crippen molar-refractivity contribution >= 4 is 11.7 Å². The number of hydrogen-bond acceptors (Lipinski definition) is 4. The van der Waals surface area contributed by atoms with Crippen LogP contribution in [-0.2, 0) is 6.61 Å². The summed E-state index contributed by atoms with van der Waals surface area (Å²) >= 11 is 0. The predicted molar refractivity (Wildman–Crippen MR) is 70.8 cm³/mol. The Hall–Kier alpha value is -2.96. The highest BCUT2D eigenvalue weighted by Gasteiger charge is 2.13. The number of carboxylic acid groups (broad SMARTS) is 1. The fourth-order valence-electron chi connectivity index (χ4n) is 1.67. The molecule has 21 heavy (non-hydrogen) atoms. The molecule has 0 unspecified atom stereocenters. The lowest BCUT2D eigenvalue weighted by molar-refractivity contribution is -0.384. The van der Waals surface area contributed by atoms with Gasteiger partial charge in [-0.2, -0.15) is 0 Å². The lowest BCUT2D eigenvalue weighted by atomic mass is 10.2. The average Bonchev–Trinajstić information content (AvgIpc) is 2.46. The molecule has 0 fully saturated rings. The highest BCUT2D eigenvalue weighted by Crippen LogP contribution is 2.21. The van der Waals surface area contributed by atoms with Gasteiger partial charge in [0, 0.05) is 12.1 Å². The van der Waals surface area contributed by atoms with Gasteiger partial charge < -0.3 is 9.84 Å². The van der Waals surface area contributed by atoms with Crippen LogP contribution in [-0.4, -0.2) is 16.0 Å². The van der Waals surface area contributed by atoms with Crippen molar-refractivity contribution in [3.63, 3.8) is 0 Å². The number of halogens is 1. The zero-order valence-electron chi connectivity index (χ0n) is 10.7. The molecule has 108 valence electrons. The minimum Gasteiger partial charge on any atom is -0.488 e. The van der Waals surface area contributed by atoms with Gasteiger partial charge >= 0.3 is 5.97 Å². The number of nitro benzene ring substituents is 1. The van der Waals surface area contributed by atoms with Gasteiger partial charge in [-0.25, -0.2) is 9.18 Å². The molecular formula is C14H10FNO5. The Morgan fingerprint density at radius 1 is 1.24 bits per heavy atom. The fourth-order valence-corrected chi connectivity index (χ4v) is 1.67. The third kappa shape index (κ3) is 3.53. The maximum atomic E-state index is 13.0. The van der Waals surface area contributed by atoms with E-state index in [0.29, 0.717) is 5.56 Å². The number of benzene rings is 2. The molecule has 0 bridgehead atoms. The second-order valence-corrected chi connectivity index (χ2v) is 4.16. The average molecular weight is 291 g/mol. The molecule has 0 aromatic heterocycles. The molecule has 2 rings (SSSR count). The Morgan fingerprint density at radius 2 is 1.90 bits per heavy atom. The summed E-state index contributed by atoms with van der Waals surface area (Å²) in [7, 11) is 0. The Morgan fingerprint density at radius 3 is 2.48 bits per heavy atom. The number of nitro groups is 1. The van der Waals surface area contributed by atoms with E-state index in [1.54, 1.807) is 0 Å². The molecule has 2 aromatic carbocycles. The van der Waals surface area contributed by atoms with Crippen molar-refractivity contribution < 1.29 is 24.0 Å². The van der Waals surface area contributed by atoms with E-state index in [1.165, 1.54) is 30.3 Å². The summed E-state index contributed by atoms with van der Waals surface area (Å²) in [6.45, 7) is 0.0178. The first-order chi connectivity index (χ1) is 9.97. The maximum absolute atomic E-state index is 13.0. The first kappa shape index (κ1) is 14.4. The maximum Gasteiger partial charge on any atom is 0.339 e. The molecule has 0 radical (unpaired) electrons. The Bertz CT molecular complexity index is 684. The summed E-state index contributed by atoms with van der Waals surface area (Å²) in [5.41, 5.74) is 0.296. The van der Waals surface area contributed by atoms with E-state index in [4.69, 9.17) is 9.84 Å². The van der Waals surface area contributed by atoms with E-state index < -0.39 is 16.7 Å². The Kier molecular flexibility index (Phi) is 4.13. The fraction of sp³-hybridized carbons (Fsp3) is 0.0714. The van der Waals surface area contributed by atoms with E-state index in [-0.39, 0.29) is 23.6 Å². The van der Waals surface area contributed by atoms with Gasteiger partial charge in [-0.3, -0.25) is 10.1 Å². The zero-order valence-corrected chi connectivity index (χ0v) is 10.7. The minimum absolute atomic E-state index is 0.0178. The molecular weight excluding hydrogens is 281 g/mol. The van der Waals surface area contributed by atoms with Crippen LogP contribution in [0, 0.1) is 15.9 Å². The number of carbonyl (C=O) groups is 1. The summed E-state index contributed by atoms with van der Waals surface area (Å²) in [6, 6.07) is 8.84. The smallest absolute Gasteiger partial charge is 0.339 e. The van der Waals surface area contributed by atoms with E-state index >= 15 is 0 Å². The molecule has 0 aliphatic heterocycles. The summed E-state index contributed by atoms with van der Waals surface area (Å²) < 4.78 is 18.3. The van der Waals surface area contributed by atoms with Gasteiger partial charge in [0.15, 0.2) is 0 Å². The number of ether oxygens (including phenoxy) is 1. The van der Waals surface area contributed by atoms with Crippen molar-refractivity contribution in [2.45, 2.75) is 6.61 Å². The van der Waals surface area contributed by atoms with Crippen molar-refractivity contribution in [2.24, 2.45) is 0 Å². The van der Waals surface area contributed by atoms with Crippen molar-refractivity contribution in [1.29, 1.82) is 0 Å². The van der Waals surface area contributed by atoms with E-state index in [0.717, 1.165) is 12.1 Å². The standard InChI is InChI=1S/C14H10FNO5/c15-10-3-6-13(12(7-10)14(17)18)21-8-9-1-4-11(5-2-9)16(19)20/h1-7H,8H2,(H,17,18). The van der Waals surface area contributed by atoms with Crippen LogP contribution >= 0.6 is 0 Å². The summed E-state index contributed by atoms with van der Waals surface area (Å²) in [6.07, 6.45) is 0. The monoisotopic (exact) mass is 291 g/mol. The third-order valence-electron chi connectivity index (χ3n) is 2.71. The first-order valence-electron chi connectivity index (χ1n) is 5.86. The predicted octanol–water partition coefficient (Wildman–Crippen LogP) is 3.01.